The van der Waals surface area contributed by atoms with Crippen molar-refractivity contribution in [2.75, 3.05) is 0 Å². The minimum Gasteiger partial charge on any atom is -0.243 e. The molecule has 1 aromatic rings. The quantitative estimate of drug-likeness (QED) is 0.507. The van der Waals surface area contributed by atoms with E-state index < -0.39 is 16.9 Å². The molecule has 0 aliphatic carbocycles. The average Bonchev–Trinajstić information content (AvgIpc) is 2.15. The zero-order valence-corrected chi connectivity index (χ0v) is 7.82. The Morgan fingerprint density at radius 3 is 2.60 bits per heavy atom. The Labute approximate surface area is 88.3 Å². The second-order valence-corrected chi connectivity index (χ2v) is 2.78. The number of pyridine rings is 1. The van der Waals surface area contributed by atoms with Crippen molar-refractivity contribution in [3.8, 4) is 17.9 Å². The topological polar surface area (TPSA) is 36.7 Å². The number of aromatic nitrogens is 1. The third-order valence-electron chi connectivity index (χ3n) is 1.41. The van der Waals surface area contributed by atoms with E-state index in [0.717, 1.165) is 12.3 Å². The first-order valence-electron chi connectivity index (χ1n) is 3.58. The molecule has 0 fully saturated rings. The van der Waals surface area contributed by atoms with Crippen LogP contribution in [0.5, 0.6) is 0 Å². The molecule has 0 spiro atoms. The lowest BCUT2D eigenvalue weighted by molar-refractivity contribution is -0.137. The van der Waals surface area contributed by atoms with Gasteiger partial charge in [0.1, 0.15) is 5.15 Å². The highest BCUT2D eigenvalue weighted by Gasteiger charge is 2.34. The first-order valence-corrected chi connectivity index (χ1v) is 3.96. The number of nitrogens with zero attached hydrogens (tertiary/aromatic N) is 2. The van der Waals surface area contributed by atoms with Crippen molar-refractivity contribution >= 4 is 11.6 Å². The third kappa shape index (κ3) is 2.87. The zero-order chi connectivity index (χ0) is 11.5. The van der Waals surface area contributed by atoms with Crippen LogP contribution in [-0.4, -0.2) is 4.98 Å². The Bertz CT molecular complexity index is 477. The van der Waals surface area contributed by atoms with Crippen LogP contribution < -0.4 is 0 Å². The lowest BCUT2D eigenvalue weighted by Crippen LogP contribution is -2.07. The summed E-state index contributed by atoms with van der Waals surface area (Å²) in [6, 6.07) is 2.24. The maximum atomic E-state index is 12.3. The molecule has 0 aromatic carbocycles. The predicted molar refractivity (Wildman–Crippen MR) is 46.7 cm³/mol. The van der Waals surface area contributed by atoms with E-state index in [1.807, 2.05) is 5.92 Å². The van der Waals surface area contributed by atoms with E-state index >= 15 is 0 Å². The molecule has 0 aliphatic heterocycles. The molecule has 6 heteroatoms. The molecule has 0 bridgehead atoms. The summed E-state index contributed by atoms with van der Waals surface area (Å²) in [4.78, 5) is 3.33. The Hall–Kier alpha value is -1.72. The summed E-state index contributed by atoms with van der Waals surface area (Å²) in [6.07, 6.45) is -3.50. The minimum atomic E-state index is -4.57. The van der Waals surface area contributed by atoms with Gasteiger partial charge in [-0.3, -0.25) is 0 Å². The van der Waals surface area contributed by atoms with Crippen molar-refractivity contribution in [1.29, 1.82) is 5.26 Å². The van der Waals surface area contributed by atoms with Crippen LogP contribution in [0.1, 0.15) is 11.1 Å². The van der Waals surface area contributed by atoms with Crippen LogP contribution >= 0.6 is 11.6 Å². The summed E-state index contributed by atoms with van der Waals surface area (Å²) in [6.45, 7) is 0. The second-order valence-electron chi connectivity index (χ2n) is 2.42. The Balaban J connectivity index is 3.24. The molecule has 1 rings (SSSR count). The number of hydrogen-bond donors (Lipinski definition) is 0. The van der Waals surface area contributed by atoms with Crippen molar-refractivity contribution in [2.24, 2.45) is 0 Å². The van der Waals surface area contributed by atoms with Gasteiger partial charge in [0.15, 0.2) is 6.07 Å². The minimum absolute atomic E-state index is 0.00623. The molecule has 0 atom stereocenters. The summed E-state index contributed by atoms with van der Waals surface area (Å²) in [5.74, 6) is 4.17. The molecular weight excluding hydrogens is 229 g/mol. The first kappa shape index (κ1) is 11.4. The maximum absolute atomic E-state index is 12.3. The van der Waals surface area contributed by atoms with E-state index in [4.69, 9.17) is 16.9 Å². The lowest BCUT2D eigenvalue weighted by atomic mass is 10.2. The van der Waals surface area contributed by atoms with Gasteiger partial charge < -0.3 is 0 Å². The maximum Gasteiger partial charge on any atom is 0.419 e. The molecule has 0 amide bonds. The fourth-order valence-electron chi connectivity index (χ4n) is 0.815. The van der Waals surface area contributed by atoms with Crippen LogP contribution in [0.3, 0.4) is 0 Å². The van der Waals surface area contributed by atoms with E-state index in [2.05, 4.69) is 10.9 Å². The van der Waals surface area contributed by atoms with Crippen LogP contribution in [0.2, 0.25) is 5.15 Å². The van der Waals surface area contributed by atoms with Crippen molar-refractivity contribution in [3.63, 3.8) is 0 Å². The third-order valence-corrected chi connectivity index (χ3v) is 1.71. The van der Waals surface area contributed by atoms with Gasteiger partial charge in [0.2, 0.25) is 0 Å². The number of halogens is 4. The van der Waals surface area contributed by atoms with Crippen molar-refractivity contribution in [1.82, 2.24) is 4.98 Å². The predicted octanol–water partition coefficient (Wildman–Crippen LogP) is 2.63. The van der Waals surface area contributed by atoms with Crippen molar-refractivity contribution in [3.05, 3.63) is 28.5 Å². The molecule has 76 valence electrons. The van der Waals surface area contributed by atoms with E-state index in [1.165, 1.54) is 6.07 Å². The van der Waals surface area contributed by atoms with E-state index in [1.54, 1.807) is 0 Å². The van der Waals surface area contributed by atoms with Gasteiger partial charge in [-0.05, 0) is 12.0 Å². The van der Waals surface area contributed by atoms with Crippen LogP contribution in [0, 0.1) is 23.2 Å². The molecule has 1 heterocycles. The Kier molecular flexibility index (Phi) is 3.18. The second kappa shape index (κ2) is 4.20. The van der Waals surface area contributed by atoms with E-state index in [0.29, 0.717) is 0 Å². The normalized spacial score (nSPS) is 10.1. The first-order chi connectivity index (χ1) is 6.95. The number of alkyl halides is 3. The largest absolute Gasteiger partial charge is 0.419 e. The van der Waals surface area contributed by atoms with Crippen LogP contribution in [-0.2, 0) is 6.18 Å². The van der Waals surface area contributed by atoms with Gasteiger partial charge in [-0.25, -0.2) is 4.98 Å². The van der Waals surface area contributed by atoms with Crippen LogP contribution in [0.4, 0.5) is 13.2 Å². The number of hydrogen-bond acceptors (Lipinski definition) is 2. The molecule has 0 saturated carbocycles. The highest BCUT2D eigenvalue weighted by atomic mass is 35.5. The molecule has 0 N–H and O–H groups in total. The molecular formula is C9H2ClF3N2. The lowest BCUT2D eigenvalue weighted by Gasteiger charge is -2.07. The van der Waals surface area contributed by atoms with Crippen molar-refractivity contribution in [2.45, 2.75) is 6.18 Å². The van der Waals surface area contributed by atoms with Crippen LogP contribution in [0.15, 0.2) is 12.3 Å². The zero-order valence-electron chi connectivity index (χ0n) is 7.06. The standard InChI is InChI=1S/C9H2ClF3N2/c10-8-7(9(11,12)13)4-6(5-15-8)2-1-3-14/h4-5H. The smallest absolute Gasteiger partial charge is 0.243 e. The highest BCUT2D eigenvalue weighted by molar-refractivity contribution is 6.30. The molecule has 0 aliphatic rings. The van der Waals surface area contributed by atoms with Gasteiger partial charge in [-0.1, -0.05) is 11.6 Å². The summed E-state index contributed by atoms with van der Waals surface area (Å²) < 4.78 is 36.9. The average molecular weight is 231 g/mol. The van der Waals surface area contributed by atoms with E-state index in [-0.39, 0.29) is 5.56 Å². The van der Waals surface area contributed by atoms with Gasteiger partial charge >= 0.3 is 6.18 Å². The van der Waals surface area contributed by atoms with Crippen LogP contribution in [0.25, 0.3) is 0 Å². The Morgan fingerprint density at radius 1 is 1.40 bits per heavy atom. The van der Waals surface area contributed by atoms with Gasteiger partial charge in [0, 0.05) is 17.7 Å². The summed E-state index contributed by atoms with van der Waals surface area (Å²) in [7, 11) is 0. The SMILES string of the molecule is N#CC#Cc1cnc(Cl)c(C(F)(F)F)c1. The number of nitriles is 1. The molecule has 15 heavy (non-hydrogen) atoms. The number of rotatable bonds is 0. The molecule has 0 unspecified atom stereocenters. The Morgan fingerprint density at radius 2 is 2.07 bits per heavy atom. The molecule has 1 aromatic heterocycles. The monoisotopic (exact) mass is 230 g/mol. The summed E-state index contributed by atoms with van der Waals surface area (Å²) in [5.41, 5.74) is -1.07. The summed E-state index contributed by atoms with van der Waals surface area (Å²) in [5, 5.41) is 7.48. The highest BCUT2D eigenvalue weighted by Crippen LogP contribution is 2.33. The van der Waals surface area contributed by atoms with Gasteiger partial charge in [0.25, 0.3) is 0 Å². The van der Waals surface area contributed by atoms with E-state index in [9.17, 15) is 13.2 Å². The van der Waals surface area contributed by atoms with Gasteiger partial charge in [0.05, 0.1) is 5.56 Å². The molecule has 0 saturated heterocycles. The summed E-state index contributed by atoms with van der Waals surface area (Å²) >= 11 is 5.27. The molecule has 2 nitrogen and oxygen atoms in total. The van der Waals surface area contributed by atoms with Gasteiger partial charge in [-0.15, -0.1) is 0 Å². The molecule has 0 radical (unpaired) electrons. The fraction of sp³-hybridized carbons (Fsp3) is 0.111. The van der Waals surface area contributed by atoms with Gasteiger partial charge in [-0.2, -0.15) is 18.4 Å². The van der Waals surface area contributed by atoms with Crippen molar-refractivity contribution < 1.29 is 13.2 Å². The fourth-order valence-corrected chi connectivity index (χ4v) is 1.03.